The van der Waals surface area contributed by atoms with E-state index in [1.807, 2.05) is 6.07 Å². The molecule has 0 spiro atoms. The maximum Gasteiger partial charge on any atom is 0.137 e. The Kier molecular flexibility index (Phi) is 4.32. The number of hydrogen-bond donors (Lipinski definition) is 0. The van der Waals surface area contributed by atoms with Gasteiger partial charge in [-0.1, -0.05) is 12.1 Å². The Morgan fingerprint density at radius 3 is 3.06 bits per heavy atom. The lowest BCUT2D eigenvalue weighted by Gasteiger charge is -2.19. The SMILES string of the molecule is Fc1cccc(CN2CCCOCC2)c1Br. The molecule has 88 valence electrons. The molecule has 0 N–H and O–H groups in total. The molecule has 0 unspecified atom stereocenters. The van der Waals surface area contributed by atoms with Crippen molar-refractivity contribution in [3.8, 4) is 0 Å². The predicted molar refractivity (Wildman–Crippen MR) is 64.8 cm³/mol. The fourth-order valence-electron chi connectivity index (χ4n) is 1.87. The molecule has 4 heteroatoms. The molecule has 0 saturated carbocycles. The van der Waals surface area contributed by atoms with E-state index in [0.717, 1.165) is 44.8 Å². The monoisotopic (exact) mass is 287 g/mol. The largest absolute Gasteiger partial charge is 0.380 e. The van der Waals surface area contributed by atoms with E-state index in [1.54, 1.807) is 6.07 Å². The number of benzene rings is 1. The third kappa shape index (κ3) is 3.03. The van der Waals surface area contributed by atoms with Crippen molar-refractivity contribution in [2.45, 2.75) is 13.0 Å². The highest BCUT2D eigenvalue weighted by molar-refractivity contribution is 9.10. The van der Waals surface area contributed by atoms with E-state index in [2.05, 4.69) is 20.8 Å². The Labute approximate surface area is 104 Å². The molecule has 0 bridgehead atoms. The van der Waals surface area contributed by atoms with Crippen LogP contribution >= 0.6 is 15.9 Å². The first-order valence-corrected chi connectivity index (χ1v) is 6.29. The van der Waals surface area contributed by atoms with Gasteiger partial charge in [-0.25, -0.2) is 4.39 Å². The van der Waals surface area contributed by atoms with Crippen molar-refractivity contribution >= 4 is 15.9 Å². The summed E-state index contributed by atoms with van der Waals surface area (Å²) >= 11 is 3.29. The predicted octanol–water partition coefficient (Wildman–Crippen LogP) is 2.81. The molecule has 1 fully saturated rings. The molecule has 1 aliphatic heterocycles. The van der Waals surface area contributed by atoms with Gasteiger partial charge in [-0.05, 0) is 34.0 Å². The lowest BCUT2D eigenvalue weighted by molar-refractivity contribution is 0.140. The first-order valence-electron chi connectivity index (χ1n) is 5.50. The Balaban J connectivity index is 2.04. The zero-order valence-corrected chi connectivity index (χ0v) is 10.7. The molecule has 2 rings (SSSR count). The molecule has 0 radical (unpaired) electrons. The highest BCUT2D eigenvalue weighted by atomic mass is 79.9. The van der Waals surface area contributed by atoms with Crippen LogP contribution in [0.4, 0.5) is 4.39 Å². The van der Waals surface area contributed by atoms with E-state index in [9.17, 15) is 4.39 Å². The van der Waals surface area contributed by atoms with Crippen LogP contribution in [0.2, 0.25) is 0 Å². The molecule has 0 aromatic heterocycles. The van der Waals surface area contributed by atoms with Crippen LogP contribution in [0, 0.1) is 5.82 Å². The van der Waals surface area contributed by atoms with Crippen molar-refractivity contribution in [1.29, 1.82) is 0 Å². The fraction of sp³-hybridized carbons (Fsp3) is 0.500. The van der Waals surface area contributed by atoms with Crippen molar-refractivity contribution in [1.82, 2.24) is 4.90 Å². The zero-order chi connectivity index (χ0) is 11.4. The van der Waals surface area contributed by atoms with E-state index in [0.29, 0.717) is 4.47 Å². The summed E-state index contributed by atoms with van der Waals surface area (Å²) in [5.74, 6) is -0.191. The third-order valence-electron chi connectivity index (χ3n) is 2.74. The third-order valence-corrected chi connectivity index (χ3v) is 3.63. The molecular weight excluding hydrogens is 273 g/mol. The van der Waals surface area contributed by atoms with Crippen LogP contribution in [0.1, 0.15) is 12.0 Å². The van der Waals surface area contributed by atoms with E-state index in [4.69, 9.17) is 4.74 Å². The van der Waals surface area contributed by atoms with Crippen molar-refractivity contribution < 1.29 is 9.13 Å². The molecule has 0 atom stereocenters. The second-order valence-corrected chi connectivity index (χ2v) is 4.75. The van der Waals surface area contributed by atoms with Gasteiger partial charge in [-0.3, -0.25) is 4.90 Å². The molecule has 2 nitrogen and oxygen atoms in total. The number of halogens is 2. The minimum Gasteiger partial charge on any atom is -0.380 e. The Hall–Kier alpha value is -0.450. The number of rotatable bonds is 2. The molecule has 1 aromatic carbocycles. The van der Waals surface area contributed by atoms with E-state index in [1.165, 1.54) is 6.07 Å². The molecule has 1 saturated heterocycles. The highest BCUT2D eigenvalue weighted by Gasteiger charge is 2.12. The minimum absolute atomic E-state index is 0.191. The number of nitrogens with zero attached hydrogens (tertiary/aromatic N) is 1. The molecule has 0 aliphatic carbocycles. The van der Waals surface area contributed by atoms with Crippen molar-refractivity contribution in [2.75, 3.05) is 26.3 Å². The maximum atomic E-state index is 13.3. The fourth-order valence-corrected chi connectivity index (χ4v) is 2.26. The summed E-state index contributed by atoms with van der Waals surface area (Å²) in [5.41, 5.74) is 1.00. The number of hydrogen-bond acceptors (Lipinski definition) is 2. The van der Waals surface area contributed by atoms with Crippen LogP contribution in [-0.4, -0.2) is 31.2 Å². The van der Waals surface area contributed by atoms with Crippen molar-refractivity contribution in [2.24, 2.45) is 0 Å². The van der Waals surface area contributed by atoms with Gasteiger partial charge in [0.1, 0.15) is 5.82 Å². The summed E-state index contributed by atoms with van der Waals surface area (Å²) in [6, 6.07) is 5.18. The van der Waals surface area contributed by atoms with Gasteiger partial charge in [0.15, 0.2) is 0 Å². The van der Waals surface area contributed by atoms with Gasteiger partial charge in [0.05, 0.1) is 11.1 Å². The normalized spacial score (nSPS) is 18.4. The summed E-state index contributed by atoms with van der Waals surface area (Å²) in [7, 11) is 0. The van der Waals surface area contributed by atoms with Gasteiger partial charge >= 0.3 is 0 Å². The van der Waals surface area contributed by atoms with E-state index in [-0.39, 0.29) is 5.82 Å². The zero-order valence-electron chi connectivity index (χ0n) is 9.09. The Morgan fingerprint density at radius 2 is 2.19 bits per heavy atom. The van der Waals surface area contributed by atoms with Crippen LogP contribution in [0.15, 0.2) is 22.7 Å². The first kappa shape index (κ1) is 12.0. The summed E-state index contributed by atoms with van der Waals surface area (Å²) in [4.78, 5) is 2.30. The van der Waals surface area contributed by atoms with E-state index < -0.39 is 0 Å². The summed E-state index contributed by atoms with van der Waals surface area (Å²) < 4.78 is 19.3. The average Bonchev–Trinajstić information content (AvgIpc) is 2.53. The minimum atomic E-state index is -0.191. The molecule has 16 heavy (non-hydrogen) atoms. The van der Waals surface area contributed by atoms with Gasteiger partial charge in [0.2, 0.25) is 0 Å². The van der Waals surface area contributed by atoms with Crippen LogP contribution in [0.3, 0.4) is 0 Å². The smallest absolute Gasteiger partial charge is 0.137 e. The van der Waals surface area contributed by atoms with Crippen molar-refractivity contribution in [3.63, 3.8) is 0 Å². The highest BCUT2D eigenvalue weighted by Crippen LogP contribution is 2.22. The standard InChI is InChI=1S/C12H15BrFNO/c13-12-10(3-1-4-11(12)14)9-15-5-2-7-16-8-6-15/h1,3-4H,2,5-9H2. The van der Waals surface area contributed by atoms with Crippen LogP contribution in [-0.2, 0) is 11.3 Å². The Morgan fingerprint density at radius 1 is 1.31 bits per heavy atom. The summed E-state index contributed by atoms with van der Waals surface area (Å²) in [6.45, 7) is 4.32. The molecular formula is C12H15BrFNO. The lowest BCUT2D eigenvalue weighted by Crippen LogP contribution is -2.26. The topological polar surface area (TPSA) is 12.5 Å². The van der Waals surface area contributed by atoms with Crippen LogP contribution < -0.4 is 0 Å². The van der Waals surface area contributed by atoms with Crippen molar-refractivity contribution in [3.05, 3.63) is 34.1 Å². The summed E-state index contributed by atoms with van der Waals surface area (Å²) in [6.07, 6.45) is 1.05. The Bertz CT molecular complexity index is 351. The first-order chi connectivity index (χ1) is 7.77. The summed E-state index contributed by atoms with van der Waals surface area (Å²) in [5, 5.41) is 0. The maximum absolute atomic E-state index is 13.3. The van der Waals surface area contributed by atoms with Crippen LogP contribution in [0.5, 0.6) is 0 Å². The second kappa shape index (κ2) is 5.75. The van der Waals surface area contributed by atoms with E-state index >= 15 is 0 Å². The number of ether oxygens (including phenoxy) is 1. The molecule has 0 amide bonds. The van der Waals surface area contributed by atoms with Gasteiger partial charge in [-0.2, -0.15) is 0 Å². The van der Waals surface area contributed by atoms with Gasteiger partial charge in [0, 0.05) is 26.2 Å². The second-order valence-electron chi connectivity index (χ2n) is 3.96. The van der Waals surface area contributed by atoms with Crippen LogP contribution in [0.25, 0.3) is 0 Å². The molecule has 1 heterocycles. The van der Waals surface area contributed by atoms with Gasteiger partial charge in [-0.15, -0.1) is 0 Å². The molecule has 1 aromatic rings. The average molecular weight is 288 g/mol. The quantitative estimate of drug-likeness (QED) is 0.829. The lowest BCUT2D eigenvalue weighted by atomic mass is 10.2. The molecule has 1 aliphatic rings. The van der Waals surface area contributed by atoms with Gasteiger partial charge < -0.3 is 4.74 Å². The van der Waals surface area contributed by atoms with Gasteiger partial charge in [0.25, 0.3) is 0 Å².